The molecule has 0 amide bonds. The fraction of sp³-hybridized carbons (Fsp3) is 0.0769. The first kappa shape index (κ1) is 23.1. The Bertz CT molecular complexity index is 1130. The Balaban J connectivity index is 2.27. The smallest absolute Gasteiger partial charge is 0.166 e. The minimum Gasteiger partial charge on any atom is -0.166 e. The Morgan fingerprint density at radius 3 is 1.03 bits per heavy atom. The molecule has 4 rings (SSSR count). The van der Waals surface area contributed by atoms with Gasteiger partial charge in [-0.15, -0.1) is 0 Å². The molecule has 0 aliphatic carbocycles. The van der Waals surface area contributed by atoms with Crippen molar-refractivity contribution in [1.82, 2.24) is 0 Å². The number of hydrogen-bond acceptors (Lipinski definition) is 0. The van der Waals surface area contributed by atoms with Crippen molar-refractivity contribution in [2.24, 2.45) is 0 Å². The molecule has 0 heterocycles. The monoisotopic (exact) mass is 475 g/mol. The quantitative estimate of drug-likeness (QED) is 0.239. The Labute approximate surface area is 187 Å². The second-order valence-corrected chi connectivity index (χ2v) is 10.7. The molecule has 0 saturated carbocycles. The van der Waals surface area contributed by atoms with Crippen LogP contribution in [-0.2, 0) is 12.4 Å². The summed E-state index contributed by atoms with van der Waals surface area (Å²) in [5, 5.41) is 0.493. The Kier molecular flexibility index (Phi) is 6.06. The SMILES string of the molecule is FC(F)(F)c1ccccc1[P+](c1ccccc1)(c1ccccc1)c1ccccc1C(F)(F)F. The highest BCUT2D eigenvalue weighted by Gasteiger charge is 2.56. The van der Waals surface area contributed by atoms with Crippen molar-refractivity contribution in [2.45, 2.75) is 12.4 Å². The van der Waals surface area contributed by atoms with E-state index in [9.17, 15) is 26.3 Å². The minimum atomic E-state index is -4.75. The largest absolute Gasteiger partial charge is 0.420 e. The first-order chi connectivity index (χ1) is 15.7. The molecule has 0 bridgehead atoms. The normalized spacial score (nSPS) is 12.5. The van der Waals surface area contributed by atoms with Crippen LogP contribution >= 0.6 is 7.26 Å². The fourth-order valence-electron chi connectivity index (χ4n) is 4.15. The van der Waals surface area contributed by atoms with Gasteiger partial charge in [-0.2, -0.15) is 26.3 Å². The van der Waals surface area contributed by atoms with Crippen molar-refractivity contribution in [3.05, 3.63) is 120 Å². The molecule has 0 saturated heterocycles. The summed E-state index contributed by atoms with van der Waals surface area (Å²) in [6.07, 6.45) is -9.50. The maximum absolute atomic E-state index is 14.3. The average molecular weight is 475 g/mol. The van der Waals surface area contributed by atoms with Crippen LogP contribution in [0.25, 0.3) is 0 Å². The first-order valence-electron chi connectivity index (χ1n) is 10.0. The lowest BCUT2D eigenvalue weighted by Gasteiger charge is -2.31. The summed E-state index contributed by atoms with van der Waals surface area (Å²) >= 11 is 0. The summed E-state index contributed by atoms with van der Waals surface area (Å²) in [6.45, 7) is 0. The maximum atomic E-state index is 14.3. The molecule has 0 nitrogen and oxygen atoms in total. The summed E-state index contributed by atoms with van der Waals surface area (Å²) in [4.78, 5) is 0. The molecule has 0 unspecified atom stereocenters. The molecule has 4 aromatic carbocycles. The predicted molar refractivity (Wildman–Crippen MR) is 121 cm³/mol. The molecule has 0 atom stereocenters. The molecule has 0 fully saturated rings. The molecular weight excluding hydrogens is 457 g/mol. The van der Waals surface area contributed by atoms with E-state index in [1.807, 2.05) is 0 Å². The van der Waals surface area contributed by atoms with Gasteiger partial charge in [0.15, 0.2) is 0 Å². The van der Waals surface area contributed by atoms with E-state index in [0.29, 0.717) is 10.6 Å². The Hall–Kier alpha value is -3.11. The van der Waals surface area contributed by atoms with Crippen molar-refractivity contribution in [3.8, 4) is 0 Å². The molecule has 0 radical (unpaired) electrons. The summed E-state index contributed by atoms with van der Waals surface area (Å²) in [6, 6.07) is 26.3. The van der Waals surface area contributed by atoms with Crippen molar-refractivity contribution < 1.29 is 26.3 Å². The van der Waals surface area contributed by atoms with Crippen molar-refractivity contribution in [1.29, 1.82) is 0 Å². The van der Waals surface area contributed by atoms with Gasteiger partial charge in [-0.1, -0.05) is 60.7 Å². The highest BCUT2D eigenvalue weighted by atomic mass is 31.2. The molecule has 0 aromatic heterocycles. The Morgan fingerprint density at radius 2 is 0.697 bits per heavy atom. The van der Waals surface area contributed by atoms with E-state index in [1.165, 1.54) is 36.4 Å². The summed E-state index contributed by atoms with van der Waals surface area (Å²) < 4.78 is 85.5. The number of hydrogen-bond donors (Lipinski definition) is 0. The first-order valence-corrected chi connectivity index (χ1v) is 11.8. The number of halogens is 6. The summed E-state index contributed by atoms with van der Waals surface area (Å²) in [5.41, 5.74) is -1.88. The maximum Gasteiger partial charge on any atom is 0.420 e. The third-order valence-electron chi connectivity index (χ3n) is 5.43. The van der Waals surface area contributed by atoms with Crippen LogP contribution in [-0.4, -0.2) is 0 Å². The molecule has 33 heavy (non-hydrogen) atoms. The number of rotatable bonds is 4. The second kappa shape index (κ2) is 8.68. The van der Waals surface area contributed by atoms with Gasteiger partial charge in [0.25, 0.3) is 0 Å². The van der Waals surface area contributed by atoms with Crippen LogP contribution in [0.15, 0.2) is 109 Å². The summed E-state index contributed by atoms with van der Waals surface area (Å²) in [7, 11) is -3.61. The van der Waals surface area contributed by atoms with E-state index in [0.717, 1.165) is 12.1 Å². The zero-order chi connectivity index (χ0) is 23.7. The van der Waals surface area contributed by atoms with E-state index in [2.05, 4.69) is 0 Å². The van der Waals surface area contributed by atoms with Crippen molar-refractivity contribution >= 4 is 28.5 Å². The van der Waals surface area contributed by atoms with E-state index >= 15 is 0 Å². The molecule has 4 aromatic rings. The Morgan fingerprint density at radius 1 is 0.394 bits per heavy atom. The van der Waals surface area contributed by atoms with Gasteiger partial charge in [-0.3, -0.25) is 0 Å². The molecule has 7 heteroatoms. The van der Waals surface area contributed by atoms with Crippen LogP contribution < -0.4 is 21.2 Å². The third-order valence-corrected chi connectivity index (χ3v) is 9.80. The number of benzene rings is 4. The molecular formula is C26H18F6P+. The molecule has 0 aliphatic heterocycles. The van der Waals surface area contributed by atoms with Gasteiger partial charge >= 0.3 is 12.4 Å². The van der Waals surface area contributed by atoms with Gasteiger partial charge in [-0.25, -0.2) is 0 Å². The molecule has 0 N–H and O–H groups in total. The van der Waals surface area contributed by atoms with Crippen LogP contribution in [0.4, 0.5) is 26.3 Å². The van der Waals surface area contributed by atoms with Crippen LogP contribution in [0.1, 0.15) is 11.1 Å². The van der Waals surface area contributed by atoms with Crippen LogP contribution in [0.2, 0.25) is 0 Å². The lowest BCUT2D eigenvalue weighted by molar-refractivity contribution is -0.137. The van der Waals surface area contributed by atoms with Gasteiger partial charge in [0, 0.05) is 0 Å². The topological polar surface area (TPSA) is 0 Å². The van der Waals surface area contributed by atoms with E-state index in [1.54, 1.807) is 60.7 Å². The molecule has 168 valence electrons. The zero-order valence-corrected chi connectivity index (χ0v) is 18.0. The third kappa shape index (κ3) is 4.16. The second-order valence-electron chi connectivity index (χ2n) is 7.37. The minimum absolute atomic E-state index is 0.161. The van der Waals surface area contributed by atoms with E-state index in [4.69, 9.17) is 0 Å². The summed E-state index contributed by atoms with van der Waals surface area (Å²) in [5.74, 6) is 0. The molecule has 0 spiro atoms. The lowest BCUT2D eigenvalue weighted by Crippen LogP contribution is -2.43. The van der Waals surface area contributed by atoms with Gasteiger partial charge in [0.2, 0.25) is 0 Å². The average Bonchev–Trinajstić information content (AvgIpc) is 2.80. The van der Waals surface area contributed by atoms with Crippen LogP contribution in [0.3, 0.4) is 0 Å². The zero-order valence-electron chi connectivity index (χ0n) is 17.1. The van der Waals surface area contributed by atoms with Crippen LogP contribution in [0, 0.1) is 0 Å². The fourth-order valence-corrected chi connectivity index (χ4v) is 8.80. The number of alkyl halides is 6. The van der Waals surface area contributed by atoms with Gasteiger partial charge in [0.1, 0.15) is 28.5 Å². The van der Waals surface area contributed by atoms with Gasteiger partial charge in [0.05, 0.1) is 11.1 Å². The van der Waals surface area contributed by atoms with E-state index < -0.39 is 30.7 Å². The van der Waals surface area contributed by atoms with Crippen LogP contribution in [0.5, 0.6) is 0 Å². The van der Waals surface area contributed by atoms with Gasteiger partial charge < -0.3 is 0 Å². The van der Waals surface area contributed by atoms with Crippen molar-refractivity contribution in [2.75, 3.05) is 0 Å². The lowest BCUT2D eigenvalue weighted by atomic mass is 10.2. The van der Waals surface area contributed by atoms with E-state index in [-0.39, 0.29) is 10.6 Å². The predicted octanol–water partition coefficient (Wildman–Crippen LogP) is 6.34. The van der Waals surface area contributed by atoms with Gasteiger partial charge in [-0.05, 0) is 48.5 Å². The highest BCUT2D eigenvalue weighted by molar-refractivity contribution is 8.01. The van der Waals surface area contributed by atoms with Crippen molar-refractivity contribution in [3.63, 3.8) is 0 Å². The standard InChI is InChI=1S/C26H18F6P/c27-25(28,29)21-15-7-9-17-23(21)33(19-11-3-1-4-12-19,20-13-5-2-6-14-20)24-18-10-8-16-22(24)26(30,31)32/h1-18H/q+1. The molecule has 0 aliphatic rings. The highest BCUT2D eigenvalue weighted by Crippen LogP contribution is 2.58.